The van der Waals surface area contributed by atoms with Crippen molar-refractivity contribution in [3.63, 3.8) is 0 Å². The van der Waals surface area contributed by atoms with Crippen LogP contribution in [0.4, 0.5) is 5.82 Å². The fourth-order valence-corrected chi connectivity index (χ4v) is 3.05. The van der Waals surface area contributed by atoms with E-state index in [0.29, 0.717) is 11.2 Å². The topological polar surface area (TPSA) is 166 Å². The van der Waals surface area contributed by atoms with Crippen LogP contribution in [0, 0.1) is 0 Å². The highest BCUT2D eigenvalue weighted by Crippen LogP contribution is 2.43. The number of nitrogens with zero attached hydrogens (tertiary/aromatic N) is 4. The first-order valence-electron chi connectivity index (χ1n) is 6.38. The molecule has 1 aliphatic rings. The second-order valence-corrected chi connectivity index (χ2v) is 6.78. The minimum absolute atomic E-state index is 0.0703. The number of phosphoric acid groups is 1. The molecule has 0 amide bonds. The van der Waals surface area contributed by atoms with Crippen LogP contribution in [-0.2, 0) is 19.0 Å². The fraction of sp³-hybridized carbons (Fsp3) is 0.500. The molecular weight excluding hydrogens is 353 g/mol. The predicted molar refractivity (Wildman–Crippen MR) is 77.1 cm³/mol. The van der Waals surface area contributed by atoms with Gasteiger partial charge >= 0.3 is 7.82 Å². The van der Waals surface area contributed by atoms with Crippen molar-refractivity contribution >= 4 is 36.4 Å². The Bertz CT molecular complexity index is 782. The number of imidazole rings is 1. The Morgan fingerprint density at radius 3 is 2.96 bits per heavy atom. The quantitative estimate of drug-likeness (QED) is 0.410. The van der Waals surface area contributed by atoms with Gasteiger partial charge in [0.25, 0.3) is 0 Å². The number of anilines is 1. The molecule has 11 nitrogen and oxygen atoms in total. The largest absolute Gasteiger partial charge is 0.469 e. The van der Waals surface area contributed by atoms with Gasteiger partial charge in [0.05, 0.1) is 12.7 Å². The number of fused-ring (bicyclic) bond motifs is 1. The van der Waals surface area contributed by atoms with Gasteiger partial charge in [0.1, 0.15) is 24.3 Å². The van der Waals surface area contributed by atoms with Crippen LogP contribution in [0.25, 0.3) is 11.2 Å². The third-order valence-corrected chi connectivity index (χ3v) is 4.26. The molecule has 126 valence electrons. The molecule has 2 aromatic rings. The molecule has 0 bridgehead atoms. The lowest BCUT2D eigenvalue weighted by Gasteiger charge is -2.23. The zero-order valence-electron chi connectivity index (χ0n) is 11.5. The average molecular weight is 366 g/mol. The van der Waals surface area contributed by atoms with Crippen LogP contribution in [0.1, 0.15) is 6.42 Å². The minimum atomic E-state index is -4.68. The van der Waals surface area contributed by atoms with Crippen LogP contribution < -0.4 is 5.73 Å². The first kappa shape index (κ1) is 16.5. The first-order chi connectivity index (χ1) is 10.7. The van der Waals surface area contributed by atoms with Gasteiger partial charge in [-0.2, -0.15) is 0 Å². The number of nitrogen functional groups attached to an aromatic ring is 1. The van der Waals surface area contributed by atoms with E-state index >= 15 is 0 Å². The summed E-state index contributed by atoms with van der Waals surface area (Å²) < 4.78 is 22.0. The lowest BCUT2D eigenvalue weighted by Crippen LogP contribution is -2.29. The molecule has 3 rings (SSSR count). The summed E-state index contributed by atoms with van der Waals surface area (Å²) in [5.74, 6) is 0.161. The molecular formula is C10H13ClN5O6P. The van der Waals surface area contributed by atoms with E-state index in [9.17, 15) is 9.67 Å². The van der Waals surface area contributed by atoms with E-state index in [1.807, 2.05) is 0 Å². The van der Waals surface area contributed by atoms with Gasteiger partial charge in [-0.05, 0) is 0 Å². The van der Waals surface area contributed by atoms with Crippen LogP contribution in [0.15, 0.2) is 12.7 Å². The van der Waals surface area contributed by atoms with Crippen molar-refractivity contribution < 1.29 is 28.7 Å². The number of nitrogens with two attached hydrogens (primary N) is 1. The highest BCUT2D eigenvalue weighted by molar-refractivity contribution is 7.46. The SMILES string of the molecule is Nc1ncnc2c1ncn2[C@@]1(Cl)C[C@H](O)[C@@H](COP(=O)(O)O)O1. The molecule has 0 unspecified atom stereocenters. The van der Waals surface area contributed by atoms with Crippen LogP contribution in [-0.4, -0.2) is 53.2 Å². The zero-order chi connectivity index (χ0) is 16.8. The molecule has 0 spiro atoms. The van der Waals surface area contributed by atoms with E-state index in [-0.39, 0.29) is 12.2 Å². The molecule has 2 aromatic heterocycles. The van der Waals surface area contributed by atoms with Gasteiger partial charge in [-0.25, -0.2) is 19.5 Å². The fourth-order valence-electron chi connectivity index (χ4n) is 2.32. The minimum Gasteiger partial charge on any atom is -0.390 e. The number of alkyl halides is 1. The third-order valence-electron chi connectivity index (χ3n) is 3.35. The Kier molecular flexibility index (Phi) is 4.05. The molecule has 1 fully saturated rings. The van der Waals surface area contributed by atoms with Crippen LogP contribution in [0.3, 0.4) is 0 Å². The molecule has 0 aliphatic carbocycles. The van der Waals surface area contributed by atoms with Gasteiger partial charge in [-0.1, -0.05) is 11.6 Å². The molecule has 0 radical (unpaired) electrons. The van der Waals surface area contributed by atoms with Crippen molar-refractivity contribution in [2.24, 2.45) is 0 Å². The number of aliphatic hydroxyl groups is 1. The molecule has 1 saturated heterocycles. The molecule has 0 aromatic carbocycles. The summed E-state index contributed by atoms with van der Waals surface area (Å²) in [5, 5.41) is 8.47. The monoisotopic (exact) mass is 365 g/mol. The standard InChI is InChI=1S/C10H13ClN5O6P/c11-10(1-5(17)6(22-10)2-21-23(18,19)20)16-4-15-7-8(12)13-3-14-9(7)16/h3-6,17H,1-2H2,(H2,12,13,14)(H2,18,19,20)/t5-,6+,10-/m0/s1. The van der Waals surface area contributed by atoms with Crippen LogP contribution >= 0.6 is 19.4 Å². The second-order valence-electron chi connectivity index (χ2n) is 4.95. The van der Waals surface area contributed by atoms with Crippen molar-refractivity contribution in [3.8, 4) is 0 Å². The third kappa shape index (κ3) is 3.17. The number of hydrogen-bond donors (Lipinski definition) is 4. The normalized spacial score (nSPS) is 28.5. The van der Waals surface area contributed by atoms with Gasteiger partial charge in [0.15, 0.2) is 11.5 Å². The number of aliphatic hydroxyl groups excluding tert-OH is 1. The van der Waals surface area contributed by atoms with Crippen molar-refractivity contribution in [2.45, 2.75) is 23.8 Å². The molecule has 0 saturated carbocycles. The molecule has 13 heteroatoms. The molecule has 23 heavy (non-hydrogen) atoms. The van der Waals surface area contributed by atoms with Crippen molar-refractivity contribution in [2.75, 3.05) is 12.3 Å². The van der Waals surface area contributed by atoms with E-state index in [4.69, 9.17) is 31.9 Å². The number of phosphoric ester groups is 1. The number of hydrogen-bond acceptors (Lipinski definition) is 8. The number of halogens is 1. The van der Waals surface area contributed by atoms with Crippen molar-refractivity contribution in [1.82, 2.24) is 19.5 Å². The highest BCUT2D eigenvalue weighted by Gasteiger charge is 2.47. The van der Waals surface area contributed by atoms with Crippen LogP contribution in [0.2, 0.25) is 0 Å². The van der Waals surface area contributed by atoms with Gasteiger partial charge in [-0.15, -0.1) is 0 Å². The number of ether oxygens (including phenoxy) is 1. The summed E-state index contributed by atoms with van der Waals surface area (Å²) in [6, 6.07) is 0. The van der Waals surface area contributed by atoms with E-state index in [2.05, 4.69) is 19.5 Å². The smallest absolute Gasteiger partial charge is 0.390 e. The average Bonchev–Trinajstić information content (AvgIpc) is 2.99. The van der Waals surface area contributed by atoms with Crippen molar-refractivity contribution in [1.29, 1.82) is 0 Å². The van der Waals surface area contributed by atoms with Gasteiger partial charge in [0.2, 0.25) is 5.18 Å². The maximum Gasteiger partial charge on any atom is 0.469 e. The Labute approximate surface area is 134 Å². The zero-order valence-corrected chi connectivity index (χ0v) is 13.1. The van der Waals surface area contributed by atoms with E-state index in [1.165, 1.54) is 17.2 Å². The summed E-state index contributed by atoms with van der Waals surface area (Å²) in [6.45, 7) is -0.524. The first-order valence-corrected chi connectivity index (χ1v) is 8.29. The number of aromatic nitrogens is 4. The Hall–Kier alpha value is -1.33. The van der Waals surface area contributed by atoms with Gasteiger partial charge in [-0.3, -0.25) is 9.09 Å². The van der Waals surface area contributed by atoms with E-state index < -0.39 is 31.8 Å². The molecule has 1 aliphatic heterocycles. The summed E-state index contributed by atoms with van der Waals surface area (Å²) in [4.78, 5) is 29.3. The van der Waals surface area contributed by atoms with Gasteiger partial charge in [0, 0.05) is 6.42 Å². The maximum absolute atomic E-state index is 10.8. The van der Waals surface area contributed by atoms with E-state index in [0.717, 1.165) is 0 Å². The predicted octanol–water partition coefficient (Wildman–Crippen LogP) is -0.483. The summed E-state index contributed by atoms with van der Waals surface area (Å²) in [6.07, 6.45) is 0.365. The molecule has 3 atom stereocenters. The van der Waals surface area contributed by atoms with Crippen molar-refractivity contribution in [3.05, 3.63) is 12.7 Å². The highest BCUT2D eigenvalue weighted by atomic mass is 35.5. The number of rotatable bonds is 4. The van der Waals surface area contributed by atoms with E-state index in [1.54, 1.807) is 0 Å². The molecule has 5 N–H and O–H groups in total. The Morgan fingerprint density at radius 2 is 2.26 bits per heavy atom. The Balaban J connectivity index is 1.87. The van der Waals surface area contributed by atoms with Crippen LogP contribution in [0.5, 0.6) is 0 Å². The lowest BCUT2D eigenvalue weighted by molar-refractivity contribution is -0.0648. The Morgan fingerprint density at radius 1 is 1.52 bits per heavy atom. The lowest BCUT2D eigenvalue weighted by atomic mass is 10.2. The second kappa shape index (κ2) is 5.64. The summed E-state index contributed by atoms with van der Waals surface area (Å²) in [7, 11) is -4.68. The summed E-state index contributed by atoms with van der Waals surface area (Å²) in [5.41, 5.74) is 6.32. The molecule has 3 heterocycles. The summed E-state index contributed by atoms with van der Waals surface area (Å²) >= 11 is 6.40. The van der Waals surface area contributed by atoms with Gasteiger partial charge < -0.3 is 25.4 Å². The maximum atomic E-state index is 10.8.